The number of nitrogens with zero attached hydrogens (tertiary/aromatic N) is 1. The number of likely N-dealkylation sites (tertiary alicyclic amines) is 1. The largest absolute Gasteiger partial charge is 0.335 e. The van der Waals surface area contributed by atoms with Gasteiger partial charge in [-0.1, -0.05) is 35.9 Å². The van der Waals surface area contributed by atoms with Gasteiger partial charge in [-0.25, -0.2) is 4.39 Å². The minimum atomic E-state index is -0.249. The van der Waals surface area contributed by atoms with E-state index >= 15 is 0 Å². The Labute approximate surface area is 134 Å². The lowest BCUT2D eigenvalue weighted by Gasteiger charge is -2.25. The van der Waals surface area contributed by atoms with Gasteiger partial charge in [0.1, 0.15) is 5.82 Å². The zero-order valence-corrected chi connectivity index (χ0v) is 12.9. The molecule has 0 spiro atoms. The topological polar surface area (TPSA) is 20.3 Å². The maximum atomic E-state index is 13.1. The standard InChI is InChI=1S/C18H17ClFNO/c19-15-7-3-13(4-8-15)12-18(22)21-11-1-2-17(21)14-5-9-16(20)10-6-14/h3-10,17H,1-2,11-12H2/t17-/m1/s1. The van der Waals surface area contributed by atoms with Crippen molar-refractivity contribution in [2.24, 2.45) is 0 Å². The van der Waals surface area contributed by atoms with Crippen LogP contribution in [0.2, 0.25) is 5.02 Å². The molecule has 4 heteroatoms. The average molecular weight is 318 g/mol. The molecule has 0 saturated carbocycles. The van der Waals surface area contributed by atoms with E-state index in [2.05, 4.69) is 0 Å². The summed E-state index contributed by atoms with van der Waals surface area (Å²) in [7, 11) is 0. The highest BCUT2D eigenvalue weighted by Crippen LogP contribution is 2.32. The monoisotopic (exact) mass is 317 g/mol. The smallest absolute Gasteiger partial charge is 0.227 e. The first-order valence-corrected chi connectivity index (χ1v) is 7.80. The Morgan fingerprint density at radius 3 is 2.50 bits per heavy atom. The van der Waals surface area contributed by atoms with Crippen molar-refractivity contribution in [1.29, 1.82) is 0 Å². The fourth-order valence-electron chi connectivity index (χ4n) is 2.98. The van der Waals surface area contributed by atoms with Crippen LogP contribution in [-0.2, 0) is 11.2 Å². The Bertz CT molecular complexity index is 654. The molecule has 1 amide bonds. The SMILES string of the molecule is O=C(Cc1ccc(Cl)cc1)N1CCC[C@@H]1c1ccc(F)cc1. The Hall–Kier alpha value is -1.87. The van der Waals surface area contributed by atoms with Crippen molar-refractivity contribution in [2.45, 2.75) is 25.3 Å². The predicted molar refractivity (Wildman–Crippen MR) is 85.2 cm³/mol. The summed E-state index contributed by atoms with van der Waals surface area (Å²) < 4.78 is 13.1. The lowest BCUT2D eigenvalue weighted by molar-refractivity contribution is -0.131. The van der Waals surface area contributed by atoms with Gasteiger partial charge in [0, 0.05) is 11.6 Å². The highest BCUT2D eigenvalue weighted by molar-refractivity contribution is 6.30. The van der Waals surface area contributed by atoms with Gasteiger partial charge in [0.2, 0.25) is 5.91 Å². The molecule has 1 saturated heterocycles. The highest BCUT2D eigenvalue weighted by Gasteiger charge is 2.29. The number of carbonyl (C=O) groups is 1. The maximum Gasteiger partial charge on any atom is 0.227 e. The van der Waals surface area contributed by atoms with Crippen molar-refractivity contribution >= 4 is 17.5 Å². The Morgan fingerprint density at radius 2 is 1.82 bits per heavy atom. The molecule has 1 fully saturated rings. The van der Waals surface area contributed by atoms with Gasteiger partial charge in [-0.15, -0.1) is 0 Å². The summed E-state index contributed by atoms with van der Waals surface area (Å²) in [6, 6.07) is 13.9. The molecule has 1 aliphatic heterocycles. The highest BCUT2D eigenvalue weighted by atomic mass is 35.5. The van der Waals surface area contributed by atoms with E-state index in [1.165, 1.54) is 12.1 Å². The van der Waals surface area contributed by atoms with E-state index in [0.29, 0.717) is 11.4 Å². The third kappa shape index (κ3) is 3.30. The van der Waals surface area contributed by atoms with Crippen LogP contribution in [0.4, 0.5) is 4.39 Å². The van der Waals surface area contributed by atoms with E-state index in [9.17, 15) is 9.18 Å². The molecule has 0 N–H and O–H groups in total. The van der Waals surface area contributed by atoms with Crippen molar-refractivity contribution in [3.63, 3.8) is 0 Å². The first-order valence-electron chi connectivity index (χ1n) is 7.43. The Morgan fingerprint density at radius 1 is 1.14 bits per heavy atom. The molecule has 1 aliphatic rings. The lowest BCUT2D eigenvalue weighted by atomic mass is 10.0. The number of carbonyl (C=O) groups excluding carboxylic acids is 1. The average Bonchev–Trinajstić information content (AvgIpc) is 3.00. The summed E-state index contributed by atoms with van der Waals surface area (Å²) in [6.07, 6.45) is 2.28. The first-order chi connectivity index (χ1) is 10.6. The third-order valence-corrected chi connectivity index (χ3v) is 4.35. The fourth-order valence-corrected chi connectivity index (χ4v) is 3.10. The number of benzene rings is 2. The van der Waals surface area contributed by atoms with Crippen LogP contribution < -0.4 is 0 Å². The summed E-state index contributed by atoms with van der Waals surface area (Å²) in [5.74, 6) is -0.144. The van der Waals surface area contributed by atoms with Crippen LogP contribution in [0.1, 0.15) is 30.0 Å². The summed E-state index contributed by atoms with van der Waals surface area (Å²) >= 11 is 5.87. The number of rotatable bonds is 3. The molecule has 3 rings (SSSR count). The van der Waals surface area contributed by atoms with Gasteiger partial charge < -0.3 is 4.90 Å². The van der Waals surface area contributed by atoms with Gasteiger partial charge in [-0.2, -0.15) is 0 Å². The predicted octanol–water partition coefficient (Wildman–Crippen LogP) is 4.39. The van der Waals surface area contributed by atoms with Gasteiger partial charge >= 0.3 is 0 Å². The van der Waals surface area contributed by atoms with E-state index in [0.717, 1.165) is 30.5 Å². The van der Waals surface area contributed by atoms with E-state index in [1.54, 1.807) is 24.3 Å². The van der Waals surface area contributed by atoms with Gasteiger partial charge in [0.05, 0.1) is 12.5 Å². The molecule has 1 heterocycles. The normalized spacial score (nSPS) is 17.7. The van der Waals surface area contributed by atoms with Crippen LogP contribution in [0, 0.1) is 5.82 Å². The second-order valence-electron chi connectivity index (χ2n) is 5.60. The molecule has 0 radical (unpaired) electrons. The molecule has 2 nitrogen and oxygen atoms in total. The second kappa shape index (κ2) is 6.49. The Kier molecular flexibility index (Phi) is 4.44. The van der Waals surface area contributed by atoms with Crippen molar-refractivity contribution in [3.05, 3.63) is 70.5 Å². The van der Waals surface area contributed by atoms with E-state index in [1.807, 2.05) is 17.0 Å². The number of halogens is 2. The van der Waals surface area contributed by atoms with Gasteiger partial charge in [0.15, 0.2) is 0 Å². The van der Waals surface area contributed by atoms with Gasteiger partial charge in [-0.3, -0.25) is 4.79 Å². The van der Waals surface area contributed by atoms with Gasteiger partial charge in [-0.05, 0) is 48.2 Å². The summed E-state index contributed by atoms with van der Waals surface area (Å²) in [5, 5.41) is 0.668. The summed E-state index contributed by atoms with van der Waals surface area (Å²) in [6.45, 7) is 0.758. The summed E-state index contributed by atoms with van der Waals surface area (Å²) in [4.78, 5) is 14.5. The fraction of sp³-hybridized carbons (Fsp3) is 0.278. The van der Waals surface area contributed by atoms with E-state index in [-0.39, 0.29) is 17.8 Å². The molecular weight excluding hydrogens is 301 g/mol. The maximum absolute atomic E-state index is 13.1. The second-order valence-corrected chi connectivity index (χ2v) is 6.04. The van der Waals surface area contributed by atoms with Gasteiger partial charge in [0.25, 0.3) is 0 Å². The van der Waals surface area contributed by atoms with Crippen LogP contribution >= 0.6 is 11.6 Å². The molecule has 2 aromatic carbocycles. The molecule has 0 aromatic heterocycles. The lowest BCUT2D eigenvalue weighted by Crippen LogP contribution is -2.31. The van der Waals surface area contributed by atoms with Crippen molar-refractivity contribution in [1.82, 2.24) is 4.90 Å². The molecule has 0 bridgehead atoms. The van der Waals surface area contributed by atoms with Crippen LogP contribution in [0.3, 0.4) is 0 Å². The zero-order chi connectivity index (χ0) is 15.5. The molecule has 1 atom stereocenters. The third-order valence-electron chi connectivity index (χ3n) is 4.10. The van der Waals surface area contributed by atoms with Crippen LogP contribution in [-0.4, -0.2) is 17.4 Å². The molecular formula is C18H17ClFNO. The molecule has 114 valence electrons. The van der Waals surface area contributed by atoms with Crippen molar-refractivity contribution < 1.29 is 9.18 Å². The molecule has 0 aliphatic carbocycles. The van der Waals surface area contributed by atoms with Crippen molar-refractivity contribution in [3.8, 4) is 0 Å². The molecule has 22 heavy (non-hydrogen) atoms. The van der Waals surface area contributed by atoms with E-state index in [4.69, 9.17) is 11.6 Å². The summed E-state index contributed by atoms with van der Waals surface area (Å²) in [5.41, 5.74) is 1.96. The molecule has 2 aromatic rings. The number of amides is 1. The zero-order valence-electron chi connectivity index (χ0n) is 12.1. The minimum absolute atomic E-state index is 0.0559. The first kappa shape index (κ1) is 15.0. The van der Waals surface area contributed by atoms with Crippen molar-refractivity contribution in [2.75, 3.05) is 6.54 Å². The van der Waals surface area contributed by atoms with Crippen LogP contribution in [0.25, 0.3) is 0 Å². The van der Waals surface area contributed by atoms with Crippen LogP contribution in [0.5, 0.6) is 0 Å². The van der Waals surface area contributed by atoms with E-state index < -0.39 is 0 Å². The quantitative estimate of drug-likeness (QED) is 0.822. The number of hydrogen-bond acceptors (Lipinski definition) is 1. The number of hydrogen-bond donors (Lipinski definition) is 0. The molecule has 0 unspecified atom stereocenters. The van der Waals surface area contributed by atoms with Crippen LogP contribution in [0.15, 0.2) is 48.5 Å². The Balaban J connectivity index is 1.73. The minimum Gasteiger partial charge on any atom is -0.335 e.